The maximum Gasteiger partial charge on any atom is -1.00 e. The van der Waals surface area contributed by atoms with Crippen molar-refractivity contribution in [2.75, 3.05) is 0 Å². The zero-order valence-corrected chi connectivity index (χ0v) is 40.0. The smallest absolute Gasteiger partial charge is 1.00 e. The van der Waals surface area contributed by atoms with Crippen LogP contribution in [0.25, 0.3) is 32.7 Å². The summed E-state index contributed by atoms with van der Waals surface area (Å²) in [5, 5.41) is 7.19. The zero-order chi connectivity index (χ0) is 39.0. The fraction of sp³-hybridized carbons (Fsp3) is 0.314. The molecular weight excluding hydrogens is 846 g/mol. The van der Waals surface area contributed by atoms with Gasteiger partial charge in [0.05, 0.1) is 0 Å². The molecule has 5 aromatic rings. The molecule has 0 saturated carbocycles. The summed E-state index contributed by atoms with van der Waals surface area (Å²) in [6.07, 6.45) is 14.7. The van der Waals surface area contributed by atoms with Crippen molar-refractivity contribution in [1.29, 1.82) is 0 Å². The van der Waals surface area contributed by atoms with Gasteiger partial charge in [0.15, 0.2) is 0 Å². The average molecular weight is 900 g/mol. The van der Waals surface area contributed by atoms with E-state index in [0.29, 0.717) is 11.3 Å². The van der Waals surface area contributed by atoms with Gasteiger partial charge >= 0.3 is 123 Å². The van der Waals surface area contributed by atoms with Crippen LogP contribution in [0.15, 0.2) is 109 Å². The monoisotopic (exact) mass is 896 g/mol. The molecule has 1 atom stereocenters. The number of rotatable bonds is 2. The minimum Gasteiger partial charge on any atom is -1.00 e. The molecule has 1 unspecified atom stereocenters. The van der Waals surface area contributed by atoms with E-state index in [1.807, 2.05) is 24.3 Å². The Morgan fingerprint density at radius 1 is 0.696 bits per heavy atom. The van der Waals surface area contributed by atoms with Crippen LogP contribution < -0.4 is 24.8 Å². The van der Waals surface area contributed by atoms with E-state index >= 15 is 0 Å². The molecule has 0 fully saturated rings. The minimum atomic E-state index is -0.623. The second-order valence-electron chi connectivity index (χ2n) is 17.6. The van der Waals surface area contributed by atoms with Crippen molar-refractivity contribution in [3.8, 4) is 0 Å². The molecule has 0 heterocycles. The number of benzene rings is 4. The first-order valence-electron chi connectivity index (χ1n) is 19.2. The maximum atomic E-state index is 5.84. The van der Waals surface area contributed by atoms with Crippen molar-refractivity contribution >= 4 is 63.3 Å². The van der Waals surface area contributed by atoms with Crippen LogP contribution in [0.2, 0.25) is 10.0 Å². The van der Waals surface area contributed by atoms with Crippen molar-refractivity contribution in [2.24, 2.45) is 11.3 Å². The van der Waals surface area contributed by atoms with Crippen molar-refractivity contribution < 1.29 is 47.1 Å². The van der Waals surface area contributed by atoms with E-state index in [2.05, 4.69) is 162 Å². The molecule has 0 radical (unpaired) electrons. The summed E-state index contributed by atoms with van der Waals surface area (Å²) in [5.74, 6) is 0.522. The topological polar surface area (TPSA) is 0 Å². The van der Waals surface area contributed by atoms with E-state index in [-0.39, 0.29) is 35.6 Å². The molecule has 56 heavy (non-hydrogen) atoms. The molecule has 294 valence electrons. The SMILES string of the molecule is CC1=CCC(C)(C)c2cc3[cH-]c4cc5c(cc4c3cc21)C(C)=CCC5(C)C.CC1[C-]=CC(C(C)(C)C)=C1.Clc1ccc([CH]=[Zr]=[CH]c2ccc(Cl)cc2)cc1.[Cl-].[Cl-]. The third-order valence-electron chi connectivity index (χ3n) is 11.2. The van der Waals surface area contributed by atoms with Crippen molar-refractivity contribution in [1.82, 2.24) is 0 Å². The summed E-state index contributed by atoms with van der Waals surface area (Å²) < 4.78 is 4.66. The third kappa shape index (κ3) is 10.8. The molecule has 3 aliphatic rings. The number of hydrogen-bond acceptors (Lipinski definition) is 0. The van der Waals surface area contributed by atoms with Crippen LogP contribution in [0, 0.1) is 17.4 Å². The Balaban J connectivity index is 0.000000206. The van der Waals surface area contributed by atoms with Crippen LogP contribution in [0.5, 0.6) is 0 Å². The molecule has 5 aromatic carbocycles. The molecule has 8 rings (SSSR count). The summed E-state index contributed by atoms with van der Waals surface area (Å²) in [6.45, 7) is 22.9. The van der Waals surface area contributed by atoms with E-state index in [9.17, 15) is 0 Å². The van der Waals surface area contributed by atoms with Crippen molar-refractivity contribution in [2.45, 2.75) is 92.9 Å². The van der Waals surface area contributed by atoms with Gasteiger partial charge < -0.3 is 24.8 Å². The van der Waals surface area contributed by atoms with Crippen molar-refractivity contribution in [3.05, 3.63) is 158 Å². The summed E-state index contributed by atoms with van der Waals surface area (Å²) in [7, 11) is 0. The van der Waals surface area contributed by atoms with Gasteiger partial charge in [-0.1, -0.05) is 102 Å². The molecule has 0 N–H and O–H groups in total. The van der Waals surface area contributed by atoms with Crippen LogP contribution in [0.4, 0.5) is 0 Å². The van der Waals surface area contributed by atoms with Crippen molar-refractivity contribution in [3.63, 3.8) is 0 Å². The fourth-order valence-corrected chi connectivity index (χ4v) is 9.89. The molecule has 0 aliphatic heterocycles. The number of allylic oxidation sites excluding steroid dienone is 8. The number of fused-ring (bicyclic) bond motifs is 5. The minimum absolute atomic E-state index is 0. The van der Waals surface area contributed by atoms with Crippen LogP contribution in [-0.4, -0.2) is 7.42 Å². The molecule has 5 heteroatoms. The number of halogens is 4. The molecule has 3 aliphatic carbocycles. The molecule has 0 saturated heterocycles. The normalized spacial score (nSPS) is 17.1. The van der Waals surface area contributed by atoms with Gasteiger partial charge in [-0.25, -0.2) is 6.08 Å². The van der Waals surface area contributed by atoms with Crippen LogP contribution in [-0.2, 0) is 33.1 Å². The Hall–Kier alpha value is -2.51. The van der Waals surface area contributed by atoms with E-state index in [4.69, 9.17) is 23.2 Å². The average Bonchev–Trinajstić information content (AvgIpc) is 3.73. The van der Waals surface area contributed by atoms with E-state index in [1.54, 1.807) is 0 Å². The molecule has 0 spiro atoms. The first-order valence-corrected chi connectivity index (χ1v) is 22.8. The predicted molar refractivity (Wildman–Crippen MR) is 237 cm³/mol. The largest absolute Gasteiger partial charge is 1.00 e. The van der Waals surface area contributed by atoms with E-state index < -0.39 is 22.3 Å². The summed E-state index contributed by atoms with van der Waals surface area (Å²) in [5.41, 5.74) is 13.4. The van der Waals surface area contributed by atoms with Gasteiger partial charge in [-0.3, -0.25) is 6.08 Å². The Labute approximate surface area is 369 Å². The second-order valence-corrected chi connectivity index (χ2v) is 20.7. The Morgan fingerprint density at radius 2 is 1.11 bits per heavy atom. The van der Waals surface area contributed by atoms with Crippen LogP contribution in [0.3, 0.4) is 0 Å². The fourth-order valence-electron chi connectivity index (χ4n) is 7.54. The second kappa shape index (κ2) is 18.6. The predicted octanol–water partition coefficient (Wildman–Crippen LogP) is 8.93. The van der Waals surface area contributed by atoms with Gasteiger partial charge in [0.2, 0.25) is 0 Å². The molecule has 0 aromatic heterocycles. The molecular formula is C51H54Cl4Zr-4. The summed E-state index contributed by atoms with van der Waals surface area (Å²) >= 11 is 11.0. The Kier molecular flexibility index (Phi) is 15.3. The van der Waals surface area contributed by atoms with E-state index in [1.165, 1.54) is 71.6 Å². The Morgan fingerprint density at radius 3 is 1.45 bits per heavy atom. The van der Waals surface area contributed by atoms with E-state index in [0.717, 1.165) is 22.9 Å². The van der Waals surface area contributed by atoms with Gasteiger partial charge in [0, 0.05) is 0 Å². The molecule has 0 amide bonds. The standard InChI is InChI=1S/C27H29.C10H15.2C7H5Cl.2ClH.Zr/c1-16-7-9-26(3,4)24-12-18-11-19-13-25-21(17(2)8-10-27(25,5)6)15-23(19)22(18)14-20(16)24;1-8-5-6-9(7-8)10(2,3)4;2*1-6-2-4-7(8)5-3-6;;;/h7-8,11-15H,9-10H2,1-6H3;6-8H,1-4H3;2*1-5H;2*1H;/q2*-1;;;;;/p-2. The quantitative estimate of drug-likeness (QED) is 0.156. The van der Waals surface area contributed by atoms with Gasteiger partial charge in [-0.15, -0.1) is 39.7 Å². The maximum absolute atomic E-state index is 5.84. The number of hydrogen-bond donors (Lipinski definition) is 0. The van der Waals surface area contributed by atoms with Gasteiger partial charge in [-0.05, 0) is 59.8 Å². The van der Waals surface area contributed by atoms with Gasteiger partial charge in [0.25, 0.3) is 0 Å². The van der Waals surface area contributed by atoms with Crippen LogP contribution in [0.1, 0.15) is 115 Å². The first-order chi connectivity index (χ1) is 25.4. The molecule has 0 bridgehead atoms. The molecule has 0 nitrogen and oxygen atoms in total. The first kappa shape index (κ1) is 46.2. The van der Waals surface area contributed by atoms with Crippen LogP contribution >= 0.6 is 23.2 Å². The van der Waals surface area contributed by atoms with Gasteiger partial charge in [0.1, 0.15) is 0 Å². The third-order valence-corrected chi connectivity index (χ3v) is 14.1. The Bertz CT molecular complexity index is 2240. The summed E-state index contributed by atoms with van der Waals surface area (Å²) in [4.78, 5) is 0. The summed E-state index contributed by atoms with van der Waals surface area (Å²) in [6, 6.07) is 28.2. The van der Waals surface area contributed by atoms with Gasteiger partial charge in [-0.2, -0.15) is 11.6 Å². The zero-order valence-electron chi connectivity index (χ0n) is 34.5.